The number of hydrogen-bond acceptors (Lipinski definition) is 5. The molecule has 3 atom stereocenters. The van der Waals surface area contributed by atoms with Gasteiger partial charge in [-0.05, 0) is 42.7 Å². The van der Waals surface area contributed by atoms with E-state index in [1.54, 1.807) is 0 Å². The van der Waals surface area contributed by atoms with Crippen LogP contribution < -0.4 is 4.74 Å². The number of fused-ring (bicyclic) bond motifs is 1. The van der Waals surface area contributed by atoms with Gasteiger partial charge in [0.25, 0.3) is 0 Å². The molecule has 0 saturated heterocycles. The highest BCUT2D eigenvalue weighted by Crippen LogP contribution is 2.35. The van der Waals surface area contributed by atoms with E-state index >= 15 is 0 Å². The molecule has 1 saturated carbocycles. The first-order chi connectivity index (χ1) is 12.0. The minimum absolute atomic E-state index is 0.0120. The first-order valence-electron chi connectivity index (χ1n) is 9.06. The minimum Gasteiger partial charge on any atom is -0.465 e. The van der Waals surface area contributed by atoms with Crippen LogP contribution in [0.1, 0.15) is 40.0 Å². The lowest BCUT2D eigenvalue weighted by molar-refractivity contribution is -0.158. The van der Waals surface area contributed by atoms with E-state index in [2.05, 4.69) is 30.7 Å². The fourth-order valence-corrected chi connectivity index (χ4v) is 3.68. The maximum atomic E-state index is 12.3. The van der Waals surface area contributed by atoms with Gasteiger partial charge in [-0.1, -0.05) is 39.3 Å². The molecule has 5 nitrogen and oxygen atoms in total. The van der Waals surface area contributed by atoms with Crippen LogP contribution in [0.2, 0.25) is 0 Å². The second-order valence-electron chi connectivity index (χ2n) is 7.34. The van der Waals surface area contributed by atoms with Crippen molar-refractivity contribution in [3.05, 3.63) is 30.6 Å². The lowest BCUT2D eigenvalue weighted by Gasteiger charge is -2.36. The molecule has 0 radical (unpaired) electrons. The molecule has 2 aromatic rings. The Bertz CT molecular complexity index is 726. The second-order valence-corrected chi connectivity index (χ2v) is 7.34. The van der Waals surface area contributed by atoms with Gasteiger partial charge in [-0.2, -0.15) is 0 Å². The predicted molar refractivity (Wildman–Crippen MR) is 96.3 cm³/mol. The Balaban J connectivity index is 1.62. The predicted octanol–water partition coefficient (Wildman–Crippen LogP) is 4.01. The third kappa shape index (κ3) is 4.27. The Hall–Kier alpha value is -2.17. The number of hydrogen-bond donors (Lipinski definition) is 0. The Morgan fingerprint density at radius 2 is 2.04 bits per heavy atom. The van der Waals surface area contributed by atoms with Gasteiger partial charge >= 0.3 is 5.97 Å². The summed E-state index contributed by atoms with van der Waals surface area (Å²) in [5.74, 6) is 1.63. The van der Waals surface area contributed by atoms with Crippen LogP contribution in [0.5, 0.6) is 5.88 Å². The molecule has 0 spiro atoms. The van der Waals surface area contributed by atoms with Crippen LogP contribution in [-0.4, -0.2) is 28.6 Å². The topological polar surface area (TPSA) is 61.3 Å². The van der Waals surface area contributed by atoms with Gasteiger partial charge in [0, 0.05) is 0 Å². The smallest absolute Gasteiger partial charge is 0.344 e. The van der Waals surface area contributed by atoms with E-state index in [-0.39, 0.29) is 18.7 Å². The van der Waals surface area contributed by atoms with Crippen LogP contribution in [0.3, 0.4) is 0 Å². The van der Waals surface area contributed by atoms with Gasteiger partial charge in [0.2, 0.25) is 5.88 Å². The van der Waals surface area contributed by atoms with Crippen molar-refractivity contribution < 1.29 is 14.3 Å². The molecule has 1 heterocycles. The SMILES string of the molecule is CC1CCC(C(C)C)C(OC(=O)COc2ncnc3ccccc23)C1. The molecular weight excluding hydrogens is 316 g/mol. The van der Waals surface area contributed by atoms with E-state index in [9.17, 15) is 4.79 Å². The molecule has 0 N–H and O–H groups in total. The summed E-state index contributed by atoms with van der Waals surface area (Å²) >= 11 is 0. The number of carbonyl (C=O) groups is 1. The van der Waals surface area contributed by atoms with Gasteiger partial charge < -0.3 is 9.47 Å². The Labute approximate surface area is 148 Å². The van der Waals surface area contributed by atoms with E-state index in [0.717, 1.165) is 23.7 Å². The summed E-state index contributed by atoms with van der Waals surface area (Å²) in [6.45, 7) is 6.49. The normalized spacial score (nSPS) is 23.6. The number of aromatic nitrogens is 2. The fraction of sp³-hybridized carbons (Fsp3) is 0.550. The molecule has 134 valence electrons. The number of para-hydroxylation sites is 1. The summed E-state index contributed by atoms with van der Waals surface area (Å²) in [6.07, 6.45) is 4.70. The van der Waals surface area contributed by atoms with Crippen LogP contribution in [0.4, 0.5) is 0 Å². The van der Waals surface area contributed by atoms with E-state index in [1.165, 1.54) is 12.7 Å². The van der Waals surface area contributed by atoms with Crippen molar-refractivity contribution in [1.82, 2.24) is 9.97 Å². The maximum absolute atomic E-state index is 12.3. The summed E-state index contributed by atoms with van der Waals surface area (Å²) in [4.78, 5) is 20.6. The zero-order chi connectivity index (χ0) is 17.8. The third-order valence-corrected chi connectivity index (χ3v) is 5.08. The zero-order valence-electron chi connectivity index (χ0n) is 15.1. The number of ether oxygens (including phenoxy) is 2. The van der Waals surface area contributed by atoms with Crippen molar-refractivity contribution in [3.8, 4) is 5.88 Å². The van der Waals surface area contributed by atoms with E-state index in [4.69, 9.17) is 9.47 Å². The summed E-state index contributed by atoms with van der Waals surface area (Å²) < 4.78 is 11.4. The van der Waals surface area contributed by atoms with Gasteiger partial charge in [-0.3, -0.25) is 0 Å². The van der Waals surface area contributed by atoms with Crippen molar-refractivity contribution in [2.45, 2.75) is 46.1 Å². The van der Waals surface area contributed by atoms with Crippen LogP contribution in [0, 0.1) is 17.8 Å². The van der Waals surface area contributed by atoms with E-state index < -0.39 is 0 Å². The quantitative estimate of drug-likeness (QED) is 0.768. The van der Waals surface area contributed by atoms with Gasteiger partial charge in [-0.25, -0.2) is 14.8 Å². The lowest BCUT2D eigenvalue weighted by Crippen LogP contribution is -2.37. The second kappa shape index (κ2) is 7.81. The highest BCUT2D eigenvalue weighted by Gasteiger charge is 2.33. The number of benzene rings is 1. The van der Waals surface area contributed by atoms with E-state index in [0.29, 0.717) is 23.6 Å². The highest BCUT2D eigenvalue weighted by molar-refractivity contribution is 5.83. The van der Waals surface area contributed by atoms with Gasteiger partial charge in [0.15, 0.2) is 6.61 Å². The van der Waals surface area contributed by atoms with Gasteiger partial charge in [-0.15, -0.1) is 0 Å². The Kier molecular flexibility index (Phi) is 5.51. The number of nitrogens with zero attached hydrogens (tertiary/aromatic N) is 2. The number of esters is 1. The largest absolute Gasteiger partial charge is 0.465 e. The molecule has 1 aliphatic carbocycles. The molecule has 5 heteroatoms. The maximum Gasteiger partial charge on any atom is 0.344 e. The molecule has 0 amide bonds. The Morgan fingerprint density at radius 1 is 1.24 bits per heavy atom. The van der Waals surface area contributed by atoms with Gasteiger partial charge in [0.1, 0.15) is 12.4 Å². The molecule has 3 rings (SSSR count). The summed E-state index contributed by atoms with van der Waals surface area (Å²) in [5, 5.41) is 0.796. The monoisotopic (exact) mass is 342 g/mol. The molecule has 0 aliphatic heterocycles. The average molecular weight is 342 g/mol. The highest BCUT2D eigenvalue weighted by atomic mass is 16.6. The van der Waals surface area contributed by atoms with E-state index in [1.807, 2.05) is 24.3 Å². The molecule has 1 fully saturated rings. The van der Waals surface area contributed by atoms with Crippen molar-refractivity contribution in [1.29, 1.82) is 0 Å². The first kappa shape index (κ1) is 17.6. The van der Waals surface area contributed by atoms with Crippen molar-refractivity contribution >= 4 is 16.9 Å². The fourth-order valence-electron chi connectivity index (χ4n) is 3.68. The molecule has 1 aromatic carbocycles. The third-order valence-electron chi connectivity index (χ3n) is 5.08. The molecular formula is C20H26N2O3. The number of rotatable bonds is 5. The van der Waals surface area contributed by atoms with Gasteiger partial charge in [0.05, 0.1) is 10.9 Å². The van der Waals surface area contributed by atoms with Crippen LogP contribution >= 0.6 is 0 Å². The molecule has 3 unspecified atom stereocenters. The molecule has 25 heavy (non-hydrogen) atoms. The van der Waals surface area contributed by atoms with Crippen LogP contribution in [-0.2, 0) is 9.53 Å². The van der Waals surface area contributed by atoms with Crippen LogP contribution in [0.15, 0.2) is 30.6 Å². The number of carbonyl (C=O) groups excluding carboxylic acids is 1. The van der Waals surface area contributed by atoms with Crippen molar-refractivity contribution in [2.75, 3.05) is 6.61 Å². The molecule has 0 bridgehead atoms. The molecule has 1 aromatic heterocycles. The average Bonchev–Trinajstić information content (AvgIpc) is 2.59. The summed E-state index contributed by atoms with van der Waals surface area (Å²) in [6, 6.07) is 7.57. The standard InChI is InChI=1S/C20H26N2O3/c1-13(2)15-9-8-14(3)10-18(15)25-19(23)11-24-20-16-6-4-5-7-17(16)21-12-22-20/h4-7,12-15,18H,8-11H2,1-3H3. The van der Waals surface area contributed by atoms with Crippen LogP contribution in [0.25, 0.3) is 10.9 Å². The molecule has 1 aliphatic rings. The summed E-state index contributed by atoms with van der Waals surface area (Å²) in [7, 11) is 0. The minimum atomic E-state index is -0.326. The lowest BCUT2D eigenvalue weighted by atomic mass is 9.75. The summed E-state index contributed by atoms with van der Waals surface area (Å²) in [5.41, 5.74) is 0.793. The van der Waals surface area contributed by atoms with Crippen molar-refractivity contribution in [3.63, 3.8) is 0 Å². The zero-order valence-corrected chi connectivity index (χ0v) is 15.1. The Morgan fingerprint density at radius 3 is 2.84 bits per heavy atom. The first-order valence-corrected chi connectivity index (χ1v) is 9.06. The van der Waals surface area contributed by atoms with Crippen molar-refractivity contribution in [2.24, 2.45) is 17.8 Å².